The fraction of sp³-hybridized carbons (Fsp3) is 0.400. The summed E-state index contributed by atoms with van der Waals surface area (Å²) in [5, 5.41) is 0. The largest absolute Gasteiger partial charge is 0.495 e. The first-order chi connectivity index (χ1) is 8.66. The van der Waals surface area contributed by atoms with Crippen LogP contribution < -0.4 is 0 Å². The van der Waals surface area contributed by atoms with Crippen molar-refractivity contribution < 1.29 is 14.3 Å². The molecule has 1 saturated heterocycles. The highest BCUT2D eigenvalue weighted by atomic mass is 16.5. The summed E-state index contributed by atoms with van der Waals surface area (Å²) >= 11 is 0. The molecule has 1 aromatic rings. The van der Waals surface area contributed by atoms with Crippen LogP contribution in [0.15, 0.2) is 41.7 Å². The van der Waals surface area contributed by atoms with Crippen LogP contribution >= 0.6 is 0 Å². The van der Waals surface area contributed by atoms with Crippen LogP contribution in [0.3, 0.4) is 0 Å². The van der Waals surface area contributed by atoms with E-state index < -0.39 is 0 Å². The molecule has 1 aliphatic heterocycles. The van der Waals surface area contributed by atoms with E-state index in [2.05, 4.69) is 0 Å². The molecule has 96 valence electrons. The summed E-state index contributed by atoms with van der Waals surface area (Å²) in [6, 6.07) is 9.66. The van der Waals surface area contributed by atoms with Crippen molar-refractivity contribution in [3.8, 4) is 0 Å². The third-order valence-electron chi connectivity index (χ3n) is 3.06. The molecule has 0 spiro atoms. The molecule has 1 unspecified atom stereocenters. The maximum Gasteiger partial charge on any atom is 0.337 e. The minimum absolute atomic E-state index is 0.205. The van der Waals surface area contributed by atoms with E-state index >= 15 is 0 Å². The van der Waals surface area contributed by atoms with Crippen LogP contribution in [0, 0.1) is 0 Å². The van der Waals surface area contributed by atoms with Crippen LogP contribution in [0.25, 0.3) is 0 Å². The molecule has 3 nitrogen and oxygen atoms in total. The summed E-state index contributed by atoms with van der Waals surface area (Å²) < 4.78 is 10.8. The number of esters is 1. The molecule has 0 bridgehead atoms. The van der Waals surface area contributed by atoms with Gasteiger partial charge in [-0.25, -0.2) is 4.79 Å². The predicted molar refractivity (Wildman–Crippen MR) is 68.7 cm³/mol. The zero-order valence-corrected chi connectivity index (χ0v) is 10.8. The molecule has 0 N–H and O–H groups in total. The van der Waals surface area contributed by atoms with Gasteiger partial charge in [-0.1, -0.05) is 30.3 Å². The molecule has 1 heterocycles. The van der Waals surface area contributed by atoms with Crippen molar-refractivity contribution in [3.63, 3.8) is 0 Å². The Morgan fingerprint density at radius 3 is 2.72 bits per heavy atom. The highest BCUT2D eigenvalue weighted by molar-refractivity contribution is 5.88. The van der Waals surface area contributed by atoms with E-state index in [0.717, 1.165) is 24.2 Å². The Labute approximate surface area is 107 Å². The third kappa shape index (κ3) is 3.13. The quantitative estimate of drug-likeness (QED) is 0.607. The van der Waals surface area contributed by atoms with Gasteiger partial charge in [0.25, 0.3) is 0 Å². The lowest BCUT2D eigenvalue weighted by molar-refractivity contribution is -0.140. The zero-order chi connectivity index (χ0) is 13.0. The fourth-order valence-electron chi connectivity index (χ4n) is 1.92. The summed E-state index contributed by atoms with van der Waals surface area (Å²) in [5.41, 5.74) is 1.58. The predicted octanol–water partition coefficient (Wildman–Crippen LogP) is 3.20. The van der Waals surface area contributed by atoms with E-state index in [1.165, 1.54) is 0 Å². The Hall–Kier alpha value is -1.77. The molecule has 2 rings (SSSR count). The Morgan fingerprint density at radius 2 is 2.11 bits per heavy atom. The van der Waals surface area contributed by atoms with Gasteiger partial charge in [-0.3, -0.25) is 0 Å². The zero-order valence-electron chi connectivity index (χ0n) is 10.8. The second-order valence-electron chi connectivity index (χ2n) is 4.58. The van der Waals surface area contributed by atoms with Crippen LogP contribution in [0.2, 0.25) is 0 Å². The maximum atomic E-state index is 11.8. The van der Waals surface area contributed by atoms with Gasteiger partial charge >= 0.3 is 5.97 Å². The van der Waals surface area contributed by atoms with Crippen molar-refractivity contribution in [1.29, 1.82) is 0 Å². The van der Waals surface area contributed by atoms with Gasteiger partial charge in [-0.15, -0.1) is 0 Å². The first-order valence-corrected chi connectivity index (χ1v) is 6.24. The van der Waals surface area contributed by atoms with Crippen LogP contribution in [0.1, 0.15) is 32.3 Å². The Kier molecular flexibility index (Phi) is 4.03. The van der Waals surface area contributed by atoms with Crippen molar-refractivity contribution in [1.82, 2.24) is 0 Å². The summed E-state index contributed by atoms with van der Waals surface area (Å²) in [4.78, 5) is 11.8. The average molecular weight is 246 g/mol. The van der Waals surface area contributed by atoms with E-state index in [4.69, 9.17) is 9.47 Å². The summed E-state index contributed by atoms with van der Waals surface area (Å²) in [7, 11) is 0. The fourth-order valence-corrected chi connectivity index (χ4v) is 1.92. The molecule has 1 aromatic carbocycles. The number of rotatable bonds is 3. The topological polar surface area (TPSA) is 35.5 Å². The second-order valence-corrected chi connectivity index (χ2v) is 4.58. The van der Waals surface area contributed by atoms with E-state index in [9.17, 15) is 4.79 Å². The molecule has 0 radical (unpaired) electrons. The van der Waals surface area contributed by atoms with Crippen molar-refractivity contribution in [3.05, 3.63) is 47.2 Å². The van der Waals surface area contributed by atoms with Gasteiger partial charge < -0.3 is 9.47 Å². The molecule has 1 atom stereocenters. The summed E-state index contributed by atoms with van der Waals surface area (Å²) in [6.45, 7) is 4.08. The molecule has 3 heteroatoms. The van der Waals surface area contributed by atoms with E-state index in [1.54, 1.807) is 6.92 Å². The third-order valence-corrected chi connectivity index (χ3v) is 3.06. The molecule has 0 aromatic heterocycles. The van der Waals surface area contributed by atoms with Crippen LogP contribution in [0.4, 0.5) is 0 Å². The highest BCUT2D eigenvalue weighted by Crippen LogP contribution is 2.25. The van der Waals surface area contributed by atoms with Crippen molar-refractivity contribution in [2.45, 2.75) is 39.4 Å². The highest BCUT2D eigenvalue weighted by Gasteiger charge is 2.21. The lowest BCUT2D eigenvalue weighted by Gasteiger charge is -2.09. The molecule has 18 heavy (non-hydrogen) atoms. The van der Waals surface area contributed by atoms with Gasteiger partial charge in [0.1, 0.15) is 12.4 Å². The number of benzene rings is 1. The van der Waals surface area contributed by atoms with E-state index in [-0.39, 0.29) is 12.1 Å². The minimum Gasteiger partial charge on any atom is -0.495 e. The monoisotopic (exact) mass is 246 g/mol. The number of hydrogen-bond acceptors (Lipinski definition) is 3. The smallest absolute Gasteiger partial charge is 0.337 e. The van der Waals surface area contributed by atoms with E-state index in [0.29, 0.717) is 12.2 Å². The van der Waals surface area contributed by atoms with Gasteiger partial charge in [0.15, 0.2) is 0 Å². The Bertz CT molecular complexity index is 448. The molecule has 1 fully saturated rings. The number of allylic oxidation sites excluding steroid dienone is 1. The SMILES string of the molecule is C/C(C(=O)OCc1ccccc1)=C1/CCC(C)O1. The standard InChI is InChI=1S/C15H18O3/c1-11-8-9-14(18-11)12(2)15(16)17-10-13-6-4-3-5-7-13/h3-7,11H,8-10H2,1-2H3/b14-12+. The second kappa shape index (κ2) is 5.71. The summed E-state index contributed by atoms with van der Waals surface area (Å²) in [5.74, 6) is 0.489. The summed E-state index contributed by atoms with van der Waals surface area (Å²) in [6.07, 6.45) is 2.00. The molecular formula is C15H18O3. The number of ether oxygens (including phenoxy) is 2. The normalized spacial score (nSPS) is 21.3. The Balaban J connectivity index is 1.92. The lowest BCUT2D eigenvalue weighted by atomic mass is 10.2. The lowest BCUT2D eigenvalue weighted by Crippen LogP contribution is -2.08. The molecule has 0 aliphatic carbocycles. The van der Waals surface area contributed by atoms with Crippen molar-refractivity contribution in [2.24, 2.45) is 0 Å². The van der Waals surface area contributed by atoms with Gasteiger partial charge in [0, 0.05) is 6.42 Å². The number of carbonyl (C=O) groups excluding carboxylic acids is 1. The minimum atomic E-state index is -0.289. The number of hydrogen-bond donors (Lipinski definition) is 0. The van der Waals surface area contributed by atoms with Crippen LogP contribution in [-0.4, -0.2) is 12.1 Å². The molecular weight excluding hydrogens is 228 g/mol. The van der Waals surface area contributed by atoms with Gasteiger partial charge in [-0.2, -0.15) is 0 Å². The number of carbonyl (C=O) groups is 1. The van der Waals surface area contributed by atoms with Gasteiger partial charge in [0.2, 0.25) is 0 Å². The van der Waals surface area contributed by atoms with Gasteiger partial charge in [0.05, 0.1) is 11.7 Å². The Morgan fingerprint density at radius 1 is 1.39 bits per heavy atom. The van der Waals surface area contributed by atoms with Crippen molar-refractivity contribution >= 4 is 5.97 Å². The average Bonchev–Trinajstić information content (AvgIpc) is 2.83. The first kappa shape index (κ1) is 12.7. The van der Waals surface area contributed by atoms with Gasteiger partial charge in [-0.05, 0) is 25.8 Å². The molecule has 1 aliphatic rings. The maximum absolute atomic E-state index is 11.8. The van der Waals surface area contributed by atoms with E-state index in [1.807, 2.05) is 37.3 Å². The van der Waals surface area contributed by atoms with Crippen LogP contribution in [-0.2, 0) is 20.9 Å². The molecule has 0 saturated carbocycles. The first-order valence-electron chi connectivity index (χ1n) is 6.24. The van der Waals surface area contributed by atoms with Crippen LogP contribution in [0.5, 0.6) is 0 Å². The van der Waals surface area contributed by atoms with Crippen molar-refractivity contribution in [2.75, 3.05) is 0 Å². The molecule has 0 amide bonds.